The molecule has 6 rings (SSSR count). The van der Waals surface area contributed by atoms with Crippen molar-refractivity contribution in [3.8, 4) is 11.3 Å². The number of nitrogens with one attached hydrogen (secondary N) is 3. The van der Waals surface area contributed by atoms with E-state index in [9.17, 15) is 22.8 Å². The third-order valence-electron chi connectivity index (χ3n) is 8.08. The summed E-state index contributed by atoms with van der Waals surface area (Å²) in [6.45, 7) is 3.11. The zero-order valence-electron chi connectivity index (χ0n) is 26.4. The lowest BCUT2D eigenvalue weighted by Crippen LogP contribution is -2.40. The lowest BCUT2D eigenvalue weighted by Gasteiger charge is -2.31. The molecule has 0 radical (unpaired) electrons. The van der Waals surface area contributed by atoms with Crippen LogP contribution in [0.5, 0.6) is 0 Å². The second-order valence-corrected chi connectivity index (χ2v) is 11.6. The van der Waals surface area contributed by atoms with Crippen LogP contribution >= 0.6 is 0 Å². The Hall–Kier alpha value is -4.36. The predicted molar refractivity (Wildman–Crippen MR) is 171 cm³/mol. The second-order valence-electron chi connectivity index (χ2n) is 11.6. The molecule has 0 spiro atoms. The summed E-state index contributed by atoms with van der Waals surface area (Å²) in [6, 6.07) is 10.0. The van der Waals surface area contributed by atoms with Crippen molar-refractivity contribution in [3.05, 3.63) is 71.9 Å². The summed E-state index contributed by atoms with van der Waals surface area (Å²) in [5.74, 6) is 2.54. The fourth-order valence-electron chi connectivity index (χ4n) is 5.38. The highest BCUT2D eigenvalue weighted by molar-refractivity contribution is 5.87. The van der Waals surface area contributed by atoms with Crippen LogP contribution in [0.3, 0.4) is 0 Å². The van der Waals surface area contributed by atoms with Crippen LogP contribution in [0, 0.1) is 5.41 Å². The van der Waals surface area contributed by atoms with Crippen molar-refractivity contribution in [2.75, 3.05) is 45.0 Å². The second kappa shape index (κ2) is 15.3. The van der Waals surface area contributed by atoms with Gasteiger partial charge in [-0.05, 0) is 45.4 Å². The molecule has 2 atom stereocenters. The van der Waals surface area contributed by atoms with Crippen LogP contribution in [0.2, 0.25) is 0 Å². The third kappa shape index (κ3) is 8.26. The van der Waals surface area contributed by atoms with Gasteiger partial charge < -0.3 is 25.5 Å². The standard InChI is InChI=1S/C21H25N5O.C7H7F3N2.C5H8O2/c1-22-17-5-3-4-16(12-17)21-25-18(15-8-6-14(13-27)7-9-15)19-20(23-2)24-10-11-26(19)21;1-11-6-4-5(2-3-12-6)7(8,9)10;1-5(2-6)3-7-4-5/h6-11,13,16-17,22H,3-5,12H2,1-2H3,(H,23,24);2-4H,1H3,(H,11,12);2H,3-4H2,1H3. The number of aromatic nitrogens is 4. The first-order valence-corrected chi connectivity index (χ1v) is 15.1. The van der Waals surface area contributed by atoms with Gasteiger partial charge in [-0.15, -0.1) is 0 Å². The maximum absolute atomic E-state index is 12.0. The van der Waals surface area contributed by atoms with Gasteiger partial charge in [0, 0.05) is 55.8 Å². The molecule has 1 saturated carbocycles. The summed E-state index contributed by atoms with van der Waals surface area (Å²) in [5.41, 5.74) is 2.72. The molecule has 2 fully saturated rings. The molecule has 1 aliphatic heterocycles. The number of carbonyl (C=O) groups is 2. The number of benzene rings is 1. The van der Waals surface area contributed by atoms with Gasteiger partial charge in [-0.3, -0.25) is 9.20 Å². The minimum Gasteiger partial charge on any atom is -0.379 e. The monoisotopic (exact) mass is 639 g/mol. The Morgan fingerprint density at radius 2 is 1.74 bits per heavy atom. The molecule has 3 aromatic heterocycles. The third-order valence-corrected chi connectivity index (χ3v) is 8.08. The van der Waals surface area contributed by atoms with Crippen molar-refractivity contribution >= 4 is 29.7 Å². The molecule has 3 N–H and O–H groups in total. The van der Waals surface area contributed by atoms with E-state index in [1.54, 1.807) is 0 Å². The van der Waals surface area contributed by atoms with Gasteiger partial charge in [-0.2, -0.15) is 13.2 Å². The first-order valence-electron chi connectivity index (χ1n) is 15.1. The Balaban J connectivity index is 0.000000207. The summed E-state index contributed by atoms with van der Waals surface area (Å²) < 4.78 is 43.1. The molecule has 1 saturated heterocycles. The highest BCUT2D eigenvalue weighted by Gasteiger charge is 2.32. The van der Waals surface area contributed by atoms with Crippen LogP contribution < -0.4 is 16.0 Å². The Bertz CT molecular complexity index is 1600. The van der Waals surface area contributed by atoms with Gasteiger partial charge in [0.05, 0.1) is 24.2 Å². The Labute approximate surface area is 266 Å². The molecule has 2 aliphatic rings. The van der Waals surface area contributed by atoms with Crippen molar-refractivity contribution in [2.24, 2.45) is 5.41 Å². The zero-order valence-corrected chi connectivity index (χ0v) is 26.4. The Morgan fingerprint density at radius 3 is 2.28 bits per heavy atom. The van der Waals surface area contributed by atoms with E-state index in [1.165, 1.54) is 19.9 Å². The first kappa shape index (κ1) is 34.5. The Kier molecular flexibility index (Phi) is 11.5. The van der Waals surface area contributed by atoms with E-state index in [2.05, 4.69) is 30.3 Å². The van der Waals surface area contributed by atoms with Gasteiger partial charge in [0.25, 0.3) is 0 Å². The fourth-order valence-corrected chi connectivity index (χ4v) is 5.38. The molecule has 0 amide bonds. The van der Waals surface area contributed by atoms with E-state index >= 15 is 0 Å². The molecule has 2 unspecified atom stereocenters. The van der Waals surface area contributed by atoms with E-state index in [-0.39, 0.29) is 11.2 Å². The summed E-state index contributed by atoms with van der Waals surface area (Å²) >= 11 is 0. The maximum Gasteiger partial charge on any atom is 0.416 e. The summed E-state index contributed by atoms with van der Waals surface area (Å²) in [7, 11) is 5.44. The number of aldehydes is 2. The molecule has 246 valence electrons. The van der Waals surface area contributed by atoms with E-state index in [1.807, 2.05) is 57.7 Å². The SMILES string of the molecule is CC1(C=O)COC1.CNc1cc(C(F)(F)F)ccn1.CNc1nccn2c(C3CCCC(NC)C3)nc(-c3ccc(C=O)cc3)c12. The summed E-state index contributed by atoms with van der Waals surface area (Å²) in [5, 5.41) is 9.16. The molecule has 1 aromatic carbocycles. The quantitative estimate of drug-likeness (QED) is 0.214. The lowest BCUT2D eigenvalue weighted by molar-refractivity contribution is -0.141. The number of hydrogen-bond donors (Lipinski definition) is 3. The van der Waals surface area contributed by atoms with Gasteiger partial charge >= 0.3 is 6.18 Å². The molecule has 10 nitrogen and oxygen atoms in total. The minimum absolute atomic E-state index is 0.139. The van der Waals surface area contributed by atoms with Crippen molar-refractivity contribution in [1.29, 1.82) is 0 Å². The number of alkyl halides is 3. The number of imidazole rings is 1. The van der Waals surface area contributed by atoms with E-state index in [4.69, 9.17) is 9.72 Å². The van der Waals surface area contributed by atoms with Crippen molar-refractivity contribution in [2.45, 2.75) is 50.7 Å². The van der Waals surface area contributed by atoms with Gasteiger partial charge in [0.2, 0.25) is 0 Å². The molecule has 1 aliphatic carbocycles. The van der Waals surface area contributed by atoms with Crippen LogP contribution in [0.25, 0.3) is 16.8 Å². The normalized spacial score (nSPS) is 18.6. The molecule has 46 heavy (non-hydrogen) atoms. The number of hydrogen-bond acceptors (Lipinski definition) is 9. The van der Waals surface area contributed by atoms with Crippen LogP contribution in [0.1, 0.15) is 60.3 Å². The molecule has 4 aromatic rings. The lowest BCUT2D eigenvalue weighted by atomic mass is 9.85. The minimum atomic E-state index is -4.30. The summed E-state index contributed by atoms with van der Waals surface area (Å²) in [6.07, 6.45) is 7.14. The highest BCUT2D eigenvalue weighted by Crippen LogP contribution is 2.37. The van der Waals surface area contributed by atoms with Crippen molar-refractivity contribution in [3.63, 3.8) is 0 Å². The van der Waals surface area contributed by atoms with E-state index < -0.39 is 11.7 Å². The van der Waals surface area contributed by atoms with Crippen LogP contribution in [-0.2, 0) is 15.7 Å². The van der Waals surface area contributed by atoms with E-state index in [0.29, 0.717) is 30.7 Å². The number of carbonyl (C=O) groups excluding carboxylic acids is 2. The smallest absolute Gasteiger partial charge is 0.379 e. The maximum atomic E-state index is 12.0. The van der Waals surface area contributed by atoms with Gasteiger partial charge in [0.15, 0.2) is 5.82 Å². The number of anilines is 2. The number of ether oxygens (including phenoxy) is 1. The molecule has 13 heteroatoms. The average molecular weight is 640 g/mol. The highest BCUT2D eigenvalue weighted by atomic mass is 19.4. The predicted octanol–water partition coefficient (Wildman–Crippen LogP) is 5.86. The number of rotatable bonds is 7. The van der Waals surface area contributed by atoms with Crippen LogP contribution in [0.4, 0.5) is 24.8 Å². The van der Waals surface area contributed by atoms with Gasteiger partial charge in [-0.1, -0.05) is 30.7 Å². The zero-order chi connectivity index (χ0) is 33.3. The van der Waals surface area contributed by atoms with Crippen molar-refractivity contribution < 1.29 is 27.5 Å². The van der Waals surface area contributed by atoms with Gasteiger partial charge in [0.1, 0.15) is 35.4 Å². The van der Waals surface area contributed by atoms with E-state index in [0.717, 1.165) is 72.2 Å². The van der Waals surface area contributed by atoms with Crippen LogP contribution in [0.15, 0.2) is 55.0 Å². The number of fused-ring (bicyclic) bond motifs is 1. The van der Waals surface area contributed by atoms with Crippen LogP contribution in [-0.4, -0.2) is 72.3 Å². The topological polar surface area (TPSA) is 123 Å². The molecule has 4 heterocycles. The largest absolute Gasteiger partial charge is 0.416 e. The number of nitrogens with zero attached hydrogens (tertiary/aromatic N) is 4. The Morgan fingerprint density at radius 1 is 1.00 bits per heavy atom. The fraction of sp³-hybridized carbons (Fsp3) is 0.424. The average Bonchev–Trinajstić information content (AvgIpc) is 3.47. The summed E-state index contributed by atoms with van der Waals surface area (Å²) in [4.78, 5) is 34.3. The molecular weight excluding hydrogens is 599 g/mol. The molecule has 0 bridgehead atoms. The van der Waals surface area contributed by atoms with Gasteiger partial charge in [-0.25, -0.2) is 15.0 Å². The number of halogens is 3. The number of pyridine rings is 1. The molecular formula is C33H40F3N7O3. The first-order chi connectivity index (χ1) is 22.0. The van der Waals surface area contributed by atoms with Crippen molar-refractivity contribution in [1.82, 2.24) is 24.7 Å².